The van der Waals surface area contributed by atoms with Crippen LogP contribution in [0.3, 0.4) is 0 Å². The summed E-state index contributed by atoms with van der Waals surface area (Å²) in [4.78, 5) is 12.1. The lowest BCUT2D eigenvalue weighted by atomic mass is 9.50. The molecular formula is C27H32F2O2. The number of alkyl halides is 2. The fourth-order valence-electron chi connectivity index (χ4n) is 7.54. The van der Waals surface area contributed by atoms with Gasteiger partial charge in [0, 0.05) is 24.2 Å². The quantitative estimate of drug-likeness (QED) is 0.610. The Morgan fingerprint density at radius 2 is 1.87 bits per heavy atom. The lowest BCUT2D eigenvalue weighted by Crippen LogP contribution is -2.60. The molecule has 2 saturated carbocycles. The average molecular weight is 427 g/mol. The molecule has 166 valence electrons. The predicted octanol–water partition coefficient (Wildman–Crippen LogP) is 6.36. The Morgan fingerprint density at radius 3 is 2.58 bits per heavy atom. The Hall–Kier alpha value is -1.81. The molecule has 4 aliphatic rings. The first kappa shape index (κ1) is 21.1. The van der Waals surface area contributed by atoms with Gasteiger partial charge in [0.05, 0.1) is 0 Å². The first-order valence-electron chi connectivity index (χ1n) is 11.8. The molecule has 2 unspecified atom stereocenters. The van der Waals surface area contributed by atoms with Gasteiger partial charge in [-0.05, 0) is 73.1 Å². The van der Waals surface area contributed by atoms with Crippen LogP contribution >= 0.6 is 0 Å². The molecule has 5 rings (SSSR count). The number of carbonyl (C=O) groups is 1. The van der Waals surface area contributed by atoms with Crippen LogP contribution in [0, 0.1) is 17.3 Å². The molecular weight excluding hydrogens is 394 g/mol. The number of fused-ring (bicyclic) bond motifs is 4. The minimum absolute atomic E-state index is 0.0108. The number of carbonyl (C=O) groups excluding carboxylic acids is 1. The maximum atomic E-state index is 15.2. The van der Waals surface area contributed by atoms with E-state index in [0.717, 1.165) is 24.8 Å². The second kappa shape index (κ2) is 7.10. The summed E-state index contributed by atoms with van der Waals surface area (Å²) in [5.74, 6) is -2.63. The van der Waals surface area contributed by atoms with E-state index in [4.69, 9.17) is 0 Å². The first-order valence-corrected chi connectivity index (χ1v) is 11.8. The molecule has 0 radical (unpaired) electrons. The molecule has 1 aromatic carbocycles. The summed E-state index contributed by atoms with van der Waals surface area (Å²) in [6, 6.07) is 10.2. The molecule has 31 heavy (non-hydrogen) atoms. The largest absolute Gasteiger partial charge is 0.383 e. The lowest BCUT2D eigenvalue weighted by Gasteiger charge is -2.56. The fraction of sp³-hybridized carbons (Fsp3) is 0.593. The van der Waals surface area contributed by atoms with E-state index in [1.165, 1.54) is 23.6 Å². The molecule has 0 bridgehead atoms. The van der Waals surface area contributed by atoms with Crippen molar-refractivity contribution in [1.29, 1.82) is 0 Å². The van der Waals surface area contributed by atoms with Crippen molar-refractivity contribution < 1.29 is 18.7 Å². The third kappa shape index (κ3) is 2.86. The van der Waals surface area contributed by atoms with E-state index in [1.54, 1.807) is 0 Å². The Labute approximate surface area is 183 Å². The number of hydrogen-bond donors (Lipinski definition) is 1. The summed E-state index contributed by atoms with van der Waals surface area (Å²) in [6.45, 7) is 3.41. The molecule has 0 aromatic heterocycles. The van der Waals surface area contributed by atoms with Crippen LogP contribution in [-0.4, -0.2) is 22.4 Å². The smallest absolute Gasteiger partial charge is 0.276 e. The highest BCUT2D eigenvalue weighted by Gasteiger charge is 2.70. The highest BCUT2D eigenvalue weighted by Crippen LogP contribution is 2.69. The topological polar surface area (TPSA) is 37.3 Å². The van der Waals surface area contributed by atoms with Crippen LogP contribution in [0.4, 0.5) is 8.78 Å². The number of allylic oxidation sites excluding steroid dienone is 4. The standard InChI is InChI=1S/C27H32F2O2/c1-3-27(28,29)26(31)14-13-23-21-11-9-18-15-19(30)10-12-20(18)24(21)22(16-25(23,26)2)17-7-5-4-6-8-17/h4-8,15,21-23,31H,3,9-14,16H2,1-2H3/t21?,22-,23?,25+,26+/m1/s1. The van der Waals surface area contributed by atoms with Crippen LogP contribution < -0.4 is 0 Å². The number of ketones is 1. The molecule has 5 atom stereocenters. The van der Waals surface area contributed by atoms with Crippen molar-refractivity contribution >= 4 is 5.78 Å². The number of benzene rings is 1. The zero-order valence-corrected chi connectivity index (χ0v) is 18.5. The fourth-order valence-corrected chi connectivity index (χ4v) is 7.54. The predicted molar refractivity (Wildman–Crippen MR) is 117 cm³/mol. The van der Waals surface area contributed by atoms with Gasteiger partial charge in [-0.25, -0.2) is 8.78 Å². The molecule has 0 amide bonds. The van der Waals surface area contributed by atoms with E-state index in [2.05, 4.69) is 12.1 Å². The summed E-state index contributed by atoms with van der Waals surface area (Å²) in [7, 11) is 0. The molecule has 4 heteroatoms. The molecule has 0 spiro atoms. The van der Waals surface area contributed by atoms with Crippen molar-refractivity contribution in [2.24, 2.45) is 17.3 Å². The van der Waals surface area contributed by atoms with Gasteiger partial charge in [0.25, 0.3) is 5.92 Å². The van der Waals surface area contributed by atoms with Gasteiger partial charge in [0.1, 0.15) is 5.60 Å². The SMILES string of the molecule is CCC(F)(F)[C@]1(O)CCC2C3CCC4=CC(=O)CCC4=C3[C@@H](c3ccccc3)C[C@@]21C. The molecule has 2 fully saturated rings. The van der Waals surface area contributed by atoms with Gasteiger partial charge in [0.2, 0.25) is 0 Å². The second-order valence-electron chi connectivity index (χ2n) is 10.4. The number of rotatable bonds is 3. The van der Waals surface area contributed by atoms with Crippen molar-refractivity contribution in [1.82, 2.24) is 0 Å². The number of hydrogen-bond acceptors (Lipinski definition) is 2. The van der Waals surface area contributed by atoms with Crippen molar-refractivity contribution in [2.45, 2.75) is 82.7 Å². The van der Waals surface area contributed by atoms with E-state index < -0.39 is 16.9 Å². The highest BCUT2D eigenvalue weighted by atomic mass is 19.3. The van der Waals surface area contributed by atoms with Gasteiger partial charge in [-0.2, -0.15) is 0 Å². The summed E-state index contributed by atoms with van der Waals surface area (Å²) in [5, 5.41) is 11.6. The van der Waals surface area contributed by atoms with Gasteiger partial charge in [-0.15, -0.1) is 0 Å². The molecule has 4 aliphatic carbocycles. The normalized spacial score (nSPS) is 37.8. The van der Waals surface area contributed by atoms with Gasteiger partial charge in [-0.3, -0.25) is 4.79 Å². The Bertz CT molecular complexity index is 963. The van der Waals surface area contributed by atoms with Crippen LogP contribution in [0.25, 0.3) is 0 Å². The summed E-state index contributed by atoms with van der Waals surface area (Å²) in [5.41, 5.74) is 2.18. The van der Waals surface area contributed by atoms with Crippen LogP contribution in [0.5, 0.6) is 0 Å². The monoisotopic (exact) mass is 426 g/mol. The molecule has 2 nitrogen and oxygen atoms in total. The Morgan fingerprint density at radius 1 is 1.13 bits per heavy atom. The molecule has 0 saturated heterocycles. The van der Waals surface area contributed by atoms with Gasteiger partial charge in [0.15, 0.2) is 5.78 Å². The summed E-state index contributed by atoms with van der Waals surface area (Å²) < 4.78 is 30.4. The molecule has 1 N–H and O–H groups in total. The van der Waals surface area contributed by atoms with Crippen LogP contribution in [0.15, 0.2) is 53.1 Å². The van der Waals surface area contributed by atoms with Crippen LogP contribution in [-0.2, 0) is 4.79 Å². The van der Waals surface area contributed by atoms with Crippen LogP contribution in [0.2, 0.25) is 0 Å². The number of halogens is 2. The zero-order chi connectivity index (χ0) is 22.0. The van der Waals surface area contributed by atoms with Crippen molar-refractivity contribution in [3.63, 3.8) is 0 Å². The van der Waals surface area contributed by atoms with E-state index in [-0.39, 0.29) is 36.4 Å². The molecule has 1 aromatic rings. The average Bonchev–Trinajstić information content (AvgIpc) is 3.05. The third-order valence-electron chi connectivity index (χ3n) is 9.14. The minimum atomic E-state index is -3.10. The summed E-state index contributed by atoms with van der Waals surface area (Å²) in [6.07, 6.45) is 5.85. The zero-order valence-electron chi connectivity index (χ0n) is 18.5. The Balaban J connectivity index is 1.69. The maximum Gasteiger partial charge on any atom is 0.276 e. The number of aliphatic hydroxyl groups is 1. The van der Waals surface area contributed by atoms with Crippen LogP contribution in [0.1, 0.15) is 76.7 Å². The van der Waals surface area contributed by atoms with E-state index in [9.17, 15) is 9.90 Å². The first-order chi connectivity index (χ1) is 14.7. The van der Waals surface area contributed by atoms with E-state index in [0.29, 0.717) is 19.3 Å². The second-order valence-corrected chi connectivity index (χ2v) is 10.4. The van der Waals surface area contributed by atoms with E-state index >= 15 is 8.78 Å². The minimum Gasteiger partial charge on any atom is -0.383 e. The third-order valence-corrected chi connectivity index (χ3v) is 9.14. The van der Waals surface area contributed by atoms with Gasteiger partial charge >= 0.3 is 0 Å². The van der Waals surface area contributed by atoms with Gasteiger partial charge in [-0.1, -0.05) is 49.8 Å². The molecule has 0 heterocycles. The summed E-state index contributed by atoms with van der Waals surface area (Å²) >= 11 is 0. The maximum absolute atomic E-state index is 15.2. The molecule has 0 aliphatic heterocycles. The van der Waals surface area contributed by atoms with Crippen molar-refractivity contribution in [3.8, 4) is 0 Å². The lowest BCUT2D eigenvalue weighted by molar-refractivity contribution is -0.238. The van der Waals surface area contributed by atoms with E-state index in [1.807, 2.05) is 31.2 Å². The highest BCUT2D eigenvalue weighted by molar-refractivity contribution is 5.93. The van der Waals surface area contributed by atoms with Gasteiger partial charge < -0.3 is 5.11 Å². The Kier molecular flexibility index (Phi) is 4.82. The van der Waals surface area contributed by atoms with Crippen molar-refractivity contribution in [2.75, 3.05) is 0 Å². The van der Waals surface area contributed by atoms with Crippen molar-refractivity contribution in [3.05, 3.63) is 58.7 Å².